The summed E-state index contributed by atoms with van der Waals surface area (Å²) in [5.74, 6) is 1.39. The van der Waals surface area contributed by atoms with Crippen LogP contribution >= 0.6 is 0 Å². The Kier molecular flexibility index (Phi) is 8.21. The van der Waals surface area contributed by atoms with Gasteiger partial charge in [0.25, 0.3) is 11.7 Å². The van der Waals surface area contributed by atoms with E-state index < -0.39 is 16.6 Å². The Morgan fingerprint density at radius 1 is 1.20 bits per heavy atom. The molecule has 1 aliphatic heterocycles. The zero-order chi connectivity index (χ0) is 28.2. The number of benzene rings is 1. The lowest BCUT2D eigenvalue weighted by molar-refractivity contribution is 0.0955. The fourth-order valence-corrected chi connectivity index (χ4v) is 4.78. The predicted molar refractivity (Wildman–Crippen MR) is 150 cm³/mol. The second-order valence-corrected chi connectivity index (χ2v) is 11.0. The van der Waals surface area contributed by atoms with Crippen molar-refractivity contribution in [2.45, 2.75) is 0 Å². The Morgan fingerprint density at radius 2 is 2.00 bits per heavy atom. The van der Waals surface area contributed by atoms with E-state index in [2.05, 4.69) is 30.3 Å². The molecule has 0 radical (unpaired) electrons. The highest BCUT2D eigenvalue weighted by Crippen LogP contribution is 2.23. The molecule has 0 spiro atoms. The maximum Gasteiger partial charge on any atom is 0.259 e. The molecular formula is C25H31FN10O3S. The lowest BCUT2D eigenvalue weighted by atomic mass is 10.1. The number of nitrogens with two attached hydrogens (primary N) is 1. The molecule has 0 saturated carbocycles. The first-order valence-electron chi connectivity index (χ1n) is 12.8. The molecule has 40 heavy (non-hydrogen) atoms. The number of anilines is 3. The normalized spacial score (nSPS) is 14.9. The number of rotatable bonds is 10. The number of nitrogens with zero attached hydrogens (tertiary/aromatic N) is 8. The fourth-order valence-electron chi connectivity index (χ4n) is 4.39. The monoisotopic (exact) mass is 570 g/mol. The van der Waals surface area contributed by atoms with Crippen LogP contribution in [0.4, 0.5) is 22.0 Å². The third kappa shape index (κ3) is 6.20. The first kappa shape index (κ1) is 27.5. The Morgan fingerprint density at radius 3 is 2.70 bits per heavy atom. The highest BCUT2D eigenvalue weighted by Gasteiger charge is 2.22. The zero-order valence-electron chi connectivity index (χ0n) is 22.3. The molecule has 13 nitrogen and oxygen atoms in total. The summed E-state index contributed by atoms with van der Waals surface area (Å²) in [4.78, 5) is 31.7. The molecule has 4 heterocycles. The lowest BCUT2D eigenvalue weighted by Crippen LogP contribution is -2.48. The minimum atomic E-state index is -0.999. The van der Waals surface area contributed by atoms with Gasteiger partial charge in [0.05, 0.1) is 12.0 Å². The van der Waals surface area contributed by atoms with E-state index in [0.717, 1.165) is 19.6 Å². The van der Waals surface area contributed by atoms with Crippen molar-refractivity contribution < 1.29 is 17.8 Å². The van der Waals surface area contributed by atoms with Crippen molar-refractivity contribution in [2.75, 3.05) is 80.4 Å². The van der Waals surface area contributed by atoms with E-state index in [4.69, 9.17) is 10.2 Å². The predicted octanol–water partition coefficient (Wildman–Crippen LogP) is 0.867. The number of carbonyl (C=O) groups is 1. The summed E-state index contributed by atoms with van der Waals surface area (Å²) in [5, 5.41) is 6.98. The first-order chi connectivity index (χ1) is 19.3. The van der Waals surface area contributed by atoms with Gasteiger partial charge in [-0.1, -0.05) is 0 Å². The number of fused-ring (bicyclic) bond motifs is 1. The number of amides is 1. The van der Waals surface area contributed by atoms with Crippen molar-refractivity contribution in [3.63, 3.8) is 0 Å². The van der Waals surface area contributed by atoms with Crippen LogP contribution in [0.15, 0.2) is 41.0 Å². The molecule has 1 saturated heterocycles. The van der Waals surface area contributed by atoms with Crippen molar-refractivity contribution in [3.8, 4) is 11.6 Å². The molecule has 1 amide bonds. The van der Waals surface area contributed by atoms with Crippen LogP contribution in [-0.2, 0) is 10.8 Å². The van der Waals surface area contributed by atoms with Gasteiger partial charge in [-0.05, 0) is 30.3 Å². The van der Waals surface area contributed by atoms with Gasteiger partial charge in [0.15, 0.2) is 5.76 Å². The molecule has 212 valence electrons. The van der Waals surface area contributed by atoms with Gasteiger partial charge in [0.1, 0.15) is 5.82 Å². The van der Waals surface area contributed by atoms with Gasteiger partial charge in [-0.15, -0.1) is 5.10 Å². The summed E-state index contributed by atoms with van der Waals surface area (Å²) < 4.78 is 32.8. The SMILES string of the molecule is CN(CCN1CCN(c2ccc(C(=O)NCCS(C)=O)cc2F)CC1)c1nc(N)n2nc(-c3ccco3)nc2n1. The van der Waals surface area contributed by atoms with E-state index >= 15 is 0 Å². The third-order valence-electron chi connectivity index (χ3n) is 6.65. The number of piperazine rings is 1. The van der Waals surface area contributed by atoms with Gasteiger partial charge in [-0.25, -0.2) is 4.39 Å². The summed E-state index contributed by atoms with van der Waals surface area (Å²) in [7, 11) is 0.890. The smallest absolute Gasteiger partial charge is 0.259 e. The number of carbonyl (C=O) groups excluding carboxylic acids is 1. The largest absolute Gasteiger partial charge is 0.461 e. The second kappa shape index (κ2) is 12.0. The van der Waals surface area contributed by atoms with Gasteiger partial charge in [-0.3, -0.25) is 13.9 Å². The van der Waals surface area contributed by atoms with E-state index in [1.165, 1.54) is 10.6 Å². The molecule has 4 aromatic rings. The van der Waals surface area contributed by atoms with Crippen LogP contribution in [0.25, 0.3) is 17.4 Å². The number of likely N-dealkylation sites (N-methyl/N-ethyl adjacent to an activating group) is 1. The number of aromatic nitrogens is 5. The maximum atomic E-state index is 14.9. The molecule has 5 rings (SSSR count). The molecule has 1 unspecified atom stereocenters. The quantitative estimate of drug-likeness (QED) is 0.279. The van der Waals surface area contributed by atoms with Gasteiger partial charge >= 0.3 is 0 Å². The molecule has 1 atom stereocenters. The van der Waals surface area contributed by atoms with Gasteiger partial charge in [0, 0.05) is 81.2 Å². The summed E-state index contributed by atoms with van der Waals surface area (Å²) >= 11 is 0. The van der Waals surface area contributed by atoms with Crippen LogP contribution in [0.2, 0.25) is 0 Å². The Bertz CT molecular complexity index is 1500. The van der Waals surface area contributed by atoms with E-state index in [9.17, 15) is 13.4 Å². The minimum Gasteiger partial charge on any atom is -0.461 e. The molecule has 3 aromatic heterocycles. The van der Waals surface area contributed by atoms with Crippen LogP contribution in [0.5, 0.6) is 0 Å². The molecule has 0 aliphatic carbocycles. The van der Waals surface area contributed by atoms with Gasteiger partial charge in [-0.2, -0.15) is 19.5 Å². The summed E-state index contributed by atoms with van der Waals surface area (Å²) in [6.07, 6.45) is 3.12. The van der Waals surface area contributed by atoms with Crippen LogP contribution in [0.3, 0.4) is 0 Å². The van der Waals surface area contributed by atoms with E-state index in [0.29, 0.717) is 54.4 Å². The Balaban J connectivity index is 1.13. The van der Waals surface area contributed by atoms with E-state index in [-0.39, 0.29) is 24.0 Å². The molecule has 1 fully saturated rings. The summed E-state index contributed by atoms with van der Waals surface area (Å²) in [6, 6.07) is 8.03. The van der Waals surface area contributed by atoms with Crippen LogP contribution in [-0.4, -0.2) is 104 Å². The third-order valence-corrected chi connectivity index (χ3v) is 7.43. The average molecular weight is 571 g/mol. The summed E-state index contributed by atoms with van der Waals surface area (Å²) in [5.41, 5.74) is 6.83. The number of furan rings is 1. The van der Waals surface area contributed by atoms with Crippen molar-refractivity contribution in [3.05, 3.63) is 48.0 Å². The fraction of sp³-hybridized carbons (Fsp3) is 0.400. The maximum absolute atomic E-state index is 14.9. The average Bonchev–Trinajstić information content (AvgIpc) is 3.62. The van der Waals surface area contributed by atoms with E-state index in [1.54, 1.807) is 36.8 Å². The molecular weight excluding hydrogens is 539 g/mol. The second-order valence-electron chi connectivity index (χ2n) is 9.46. The van der Waals surface area contributed by atoms with Crippen molar-refractivity contribution in [1.29, 1.82) is 0 Å². The first-order valence-corrected chi connectivity index (χ1v) is 14.5. The standard InChI is InChI=1S/C25H31FN10O3S/c1-33(24-30-23(27)36-25(31-24)29-21(32-36)20-4-3-14-39-20)8-9-34-10-12-35(13-11-34)19-6-5-17(16-18(19)26)22(37)28-7-15-40(2)38/h3-6,14,16H,7-13,15H2,1-2H3,(H,28,37)(H2,27,29,30,31,32). The number of nitrogens with one attached hydrogen (secondary N) is 1. The molecule has 1 aliphatic rings. The Hall–Kier alpha value is -4.11. The molecule has 0 bridgehead atoms. The molecule has 15 heteroatoms. The number of nitrogen functional groups attached to an aromatic ring is 1. The van der Waals surface area contributed by atoms with Crippen molar-refractivity contribution in [2.24, 2.45) is 0 Å². The highest BCUT2D eigenvalue weighted by molar-refractivity contribution is 7.84. The number of hydrogen-bond acceptors (Lipinski definition) is 11. The number of hydrogen-bond donors (Lipinski definition) is 2. The van der Waals surface area contributed by atoms with Gasteiger partial charge < -0.3 is 25.3 Å². The Labute approximate surface area is 232 Å². The molecule has 1 aromatic carbocycles. The summed E-state index contributed by atoms with van der Waals surface area (Å²) in [6.45, 7) is 4.50. The topological polar surface area (TPSA) is 151 Å². The highest BCUT2D eigenvalue weighted by atomic mass is 32.2. The zero-order valence-corrected chi connectivity index (χ0v) is 23.1. The van der Waals surface area contributed by atoms with E-state index in [1.807, 2.05) is 16.8 Å². The minimum absolute atomic E-state index is 0.175. The van der Waals surface area contributed by atoms with Crippen LogP contribution < -0.4 is 20.9 Å². The lowest BCUT2D eigenvalue weighted by Gasteiger charge is -2.36. The van der Waals surface area contributed by atoms with Crippen LogP contribution in [0.1, 0.15) is 10.4 Å². The van der Waals surface area contributed by atoms with Crippen molar-refractivity contribution in [1.82, 2.24) is 34.8 Å². The van der Waals surface area contributed by atoms with Gasteiger partial charge in [0.2, 0.25) is 17.7 Å². The molecule has 3 N–H and O–H groups in total. The number of halogens is 1. The van der Waals surface area contributed by atoms with Crippen molar-refractivity contribution >= 4 is 40.1 Å². The van der Waals surface area contributed by atoms with Crippen LogP contribution in [0, 0.1) is 5.82 Å².